The Bertz CT molecular complexity index is 499. The third kappa shape index (κ3) is 2.23. The Hall–Kier alpha value is -0.810. The van der Waals surface area contributed by atoms with Gasteiger partial charge in [-0.15, -0.1) is 0 Å². The summed E-state index contributed by atoms with van der Waals surface area (Å²) in [5.74, 6) is 1.50. The number of aliphatic hydroxyl groups excluding tert-OH is 1. The van der Waals surface area contributed by atoms with E-state index in [9.17, 15) is 9.90 Å². The molecule has 2 aliphatic rings. The SMILES string of the molecule is Cc1cc(Br)oc1C(=O)NC1C2CCC(C2)C1CO. The lowest BCUT2D eigenvalue weighted by atomic mass is 9.85. The second kappa shape index (κ2) is 4.94. The molecule has 2 fully saturated rings. The summed E-state index contributed by atoms with van der Waals surface area (Å²) in [5.41, 5.74) is 0.827. The lowest BCUT2D eigenvalue weighted by Gasteiger charge is -2.30. The maximum atomic E-state index is 12.3. The Morgan fingerprint density at radius 3 is 2.89 bits per heavy atom. The largest absolute Gasteiger partial charge is 0.444 e. The first-order valence-corrected chi connectivity index (χ1v) is 7.57. The summed E-state index contributed by atoms with van der Waals surface area (Å²) in [4.78, 5) is 12.3. The molecule has 1 aromatic rings. The summed E-state index contributed by atoms with van der Waals surface area (Å²) in [6.07, 6.45) is 3.48. The van der Waals surface area contributed by atoms with Crippen LogP contribution in [0.2, 0.25) is 0 Å². The van der Waals surface area contributed by atoms with Crippen LogP contribution in [0.15, 0.2) is 15.2 Å². The number of amides is 1. The number of furan rings is 1. The van der Waals surface area contributed by atoms with Gasteiger partial charge in [-0.05, 0) is 60.0 Å². The number of rotatable bonds is 3. The Kier molecular flexibility index (Phi) is 3.43. The monoisotopic (exact) mass is 327 g/mol. The van der Waals surface area contributed by atoms with Gasteiger partial charge >= 0.3 is 0 Å². The van der Waals surface area contributed by atoms with Gasteiger partial charge in [-0.25, -0.2) is 0 Å². The van der Waals surface area contributed by atoms with Gasteiger partial charge in [0.2, 0.25) is 0 Å². The molecular weight excluding hydrogens is 310 g/mol. The molecule has 3 rings (SSSR count). The highest BCUT2D eigenvalue weighted by molar-refractivity contribution is 9.10. The molecule has 4 unspecified atom stereocenters. The Morgan fingerprint density at radius 1 is 1.53 bits per heavy atom. The predicted octanol–water partition coefficient (Wildman–Crippen LogP) is 2.49. The smallest absolute Gasteiger partial charge is 0.287 e. The molecule has 2 saturated carbocycles. The van der Waals surface area contributed by atoms with E-state index in [2.05, 4.69) is 21.2 Å². The highest BCUT2D eigenvalue weighted by Gasteiger charge is 2.47. The highest BCUT2D eigenvalue weighted by Crippen LogP contribution is 2.48. The van der Waals surface area contributed by atoms with Crippen LogP contribution >= 0.6 is 15.9 Å². The zero-order valence-corrected chi connectivity index (χ0v) is 12.4. The van der Waals surface area contributed by atoms with E-state index in [-0.39, 0.29) is 24.5 Å². The van der Waals surface area contributed by atoms with Gasteiger partial charge in [0.25, 0.3) is 5.91 Å². The molecule has 0 spiro atoms. The molecule has 19 heavy (non-hydrogen) atoms. The zero-order valence-electron chi connectivity index (χ0n) is 10.9. The number of carbonyl (C=O) groups excluding carboxylic acids is 1. The molecule has 104 valence electrons. The van der Waals surface area contributed by atoms with Crippen molar-refractivity contribution in [3.05, 3.63) is 22.1 Å². The Morgan fingerprint density at radius 2 is 2.26 bits per heavy atom. The van der Waals surface area contributed by atoms with Gasteiger partial charge in [0.05, 0.1) is 0 Å². The van der Waals surface area contributed by atoms with E-state index < -0.39 is 0 Å². The average molecular weight is 328 g/mol. The van der Waals surface area contributed by atoms with Crippen molar-refractivity contribution in [2.45, 2.75) is 32.2 Å². The summed E-state index contributed by atoms with van der Waals surface area (Å²) >= 11 is 3.24. The van der Waals surface area contributed by atoms with Gasteiger partial charge in [0.15, 0.2) is 10.4 Å². The van der Waals surface area contributed by atoms with Gasteiger partial charge in [-0.3, -0.25) is 4.79 Å². The number of carbonyl (C=O) groups is 1. The topological polar surface area (TPSA) is 62.5 Å². The lowest BCUT2D eigenvalue weighted by molar-refractivity contribution is 0.0832. The minimum atomic E-state index is -0.167. The third-order valence-electron chi connectivity index (χ3n) is 4.69. The molecule has 1 aromatic heterocycles. The molecule has 2 aliphatic carbocycles. The highest BCUT2D eigenvalue weighted by atomic mass is 79.9. The molecule has 0 saturated heterocycles. The van der Waals surface area contributed by atoms with Gasteiger partial charge in [-0.2, -0.15) is 0 Å². The molecule has 0 aromatic carbocycles. The minimum Gasteiger partial charge on any atom is -0.444 e. The van der Waals surface area contributed by atoms with E-state index in [1.165, 1.54) is 6.42 Å². The van der Waals surface area contributed by atoms with Crippen LogP contribution in [0, 0.1) is 24.7 Å². The van der Waals surface area contributed by atoms with Crippen LogP contribution in [0.3, 0.4) is 0 Å². The normalized spacial score (nSPS) is 32.8. The molecule has 0 aliphatic heterocycles. The number of halogens is 1. The first kappa shape index (κ1) is 13.2. The van der Waals surface area contributed by atoms with E-state index in [1.54, 1.807) is 6.07 Å². The zero-order chi connectivity index (χ0) is 13.6. The fourth-order valence-corrected chi connectivity index (χ4v) is 4.29. The van der Waals surface area contributed by atoms with Crippen molar-refractivity contribution in [1.82, 2.24) is 5.32 Å². The van der Waals surface area contributed by atoms with Crippen molar-refractivity contribution in [2.75, 3.05) is 6.61 Å². The number of nitrogens with one attached hydrogen (secondary N) is 1. The molecule has 5 heteroatoms. The van der Waals surface area contributed by atoms with E-state index in [0.29, 0.717) is 22.3 Å². The minimum absolute atomic E-state index is 0.0968. The Balaban J connectivity index is 1.74. The van der Waals surface area contributed by atoms with E-state index in [4.69, 9.17) is 4.42 Å². The van der Waals surface area contributed by atoms with Crippen molar-refractivity contribution in [3.8, 4) is 0 Å². The summed E-state index contributed by atoms with van der Waals surface area (Å²) in [6, 6.07) is 1.89. The molecule has 2 N–H and O–H groups in total. The first-order valence-electron chi connectivity index (χ1n) is 6.77. The fraction of sp³-hybridized carbons (Fsp3) is 0.643. The lowest BCUT2D eigenvalue weighted by Crippen LogP contribution is -2.45. The summed E-state index contributed by atoms with van der Waals surface area (Å²) < 4.78 is 5.95. The summed E-state index contributed by atoms with van der Waals surface area (Å²) in [6.45, 7) is 2.01. The van der Waals surface area contributed by atoms with Gasteiger partial charge < -0.3 is 14.8 Å². The van der Waals surface area contributed by atoms with Gasteiger partial charge in [-0.1, -0.05) is 0 Å². The number of aliphatic hydroxyl groups is 1. The van der Waals surface area contributed by atoms with Crippen LogP contribution in [-0.2, 0) is 0 Å². The maximum absolute atomic E-state index is 12.3. The van der Waals surface area contributed by atoms with Crippen LogP contribution in [0.1, 0.15) is 35.4 Å². The van der Waals surface area contributed by atoms with Crippen LogP contribution in [-0.4, -0.2) is 23.7 Å². The van der Waals surface area contributed by atoms with Crippen molar-refractivity contribution in [3.63, 3.8) is 0 Å². The van der Waals surface area contributed by atoms with Crippen LogP contribution in [0.25, 0.3) is 0 Å². The Labute approximate surface area is 120 Å². The van der Waals surface area contributed by atoms with E-state index >= 15 is 0 Å². The van der Waals surface area contributed by atoms with Gasteiger partial charge in [0, 0.05) is 24.1 Å². The number of hydrogen-bond donors (Lipinski definition) is 2. The number of hydrogen-bond acceptors (Lipinski definition) is 3. The number of fused-ring (bicyclic) bond motifs is 2. The van der Waals surface area contributed by atoms with Crippen LogP contribution < -0.4 is 5.32 Å². The average Bonchev–Trinajstić information content (AvgIpc) is 3.03. The second-order valence-electron chi connectivity index (χ2n) is 5.74. The van der Waals surface area contributed by atoms with Crippen molar-refractivity contribution in [1.29, 1.82) is 0 Å². The number of aryl methyl sites for hydroxylation is 1. The maximum Gasteiger partial charge on any atom is 0.287 e. The molecule has 4 nitrogen and oxygen atoms in total. The molecule has 2 bridgehead atoms. The summed E-state index contributed by atoms with van der Waals surface area (Å²) in [5, 5.41) is 12.6. The van der Waals surface area contributed by atoms with Gasteiger partial charge in [0.1, 0.15) is 0 Å². The van der Waals surface area contributed by atoms with Crippen molar-refractivity contribution in [2.24, 2.45) is 17.8 Å². The fourth-order valence-electron chi connectivity index (χ4n) is 3.78. The van der Waals surface area contributed by atoms with Crippen LogP contribution in [0.5, 0.6) is 0 Å². The van der Waals surface area contributed by atoms with Crippen LogP contribution in [0.4, 0.5) is 0 Å². The molecule has 4 atom stereocenters. The first-order chi connectivity index (χ1) is 9.10. The van der Waals surface area contributed by atoms with Crippen molar-refractivity contribution >= 4 is 21.8 Å². The molecular formula is C14H18BrNO3. The predicted molar refractivity (Wildman–Crippen MR) is 73.8 cm³/mol. The standard InChI is InChI=1S/C14H18BrNO3/c1-7-4-11(15)19-13(7)14(18)16-12-9-3-2-8(5-9)10(12)6-17/h4,8-10,12,17H,2-3,5-6H2,1H3,(H,16,18). The second-order valence-corrected chi connectivity index (χ2v) is 6.52. The summed E-state index contributed by atoms with van der Waals surface area (Å²) in [7, 11) is 0. The third-order valence-corrected chi connectivity index (χ3v) is 5.08. The molecule has 1 amide bonds. The van der Waals surface area contributed by atoms with E-state index in [1.807, 2.05) is 6.92 Å². The van der Waals surface area contributed by atoms with E-state index in [0.717, 1.165) is 18.4 Å². The quantitative estimate of drug-likeness (QED) is 0.896. The molecule has 1 heterocycles. The van der Waals surface area contributed by atoms with Crippen molar-refractivity contribution < 1.29 is 14.3 Å². The molecule has 0 radical (unpaired) electrons.